The molecule has 0 aliphatic heterocycles. The van der Waals surface area contributed by atoms with Crippen LogP contribution in [0.1, 0.15) is 48.9 Å². The minimum absolute atomic E-state index is 0.273. The highest BCUT2D eigenvalue weighted by Gasteiger charge is 2.45. The fourth-order valence-electron chi connectivity index (χ4n) is 4.48. The molecule has 1 aromatic carbocycles. The number of aromatic nitrogens is 2. The molecule has 1 amide bonds. The third-order valence-corrected chi connectivity index (χ3v) is 6.37. The molecule has 2 aliphatic rings. The Bertz CT molecular complexity index is 872. The van der Waals surface area contributed by atoms with Crippen molar-refractivity contribution in [1.29, 1.82) is 0 Å². The number of nitrogens with one attached hydrogen (secondary N) is 1. The zero-order chi connectivity index (χ0) is 19.2. The fraction of sp³-hybridized carbons (Fsp3) is 0.476. The summed E-state index contributed by atoms with van der Waals surface area (Å²) in [4.78, 5) is 25.2. The molecule has 2 aliphatic carbocycles. The first kappa shape index (κ1) is 17.8. The molecule has 142 valence electrons. The van der Waals surface area contributed by atoms with Crippen LogP contribution in [0.25, 0.3) is 0 Å². The van der Waals surface area contributed by atoms with Crippen molar-refractivity contribution in [3.05, 3.63) is 46.8 Å². The van der Waals surface area contributed by atoms with Gasteiger partial charge in [0, 0.05) is 18.1 Å². The number of hydrogen-bond donors (Lipinski definition) is 2. The molecule has 2 aromatic rings. The number of rotatable bonds is 5. The van der Waals surface area contributed by atoms with Gasteiger partial charge in [-0.2, -0.15) is 5.10 Å². The van der Waals surface area contributed by atoms with Crippen LogP contribution in [0, 0.1) is 5.92 Å². The van der Waals surface area contributed by atoms with Crippen LogP contribution in [-0.4, -0.2) is 26.8 Å². The molecule has 0 radical (unpaired) electrons. The van der Waals surface area contributed by atoms with Crippen LogP contribution in [0.2, 0.25) is 0 Å². The lowest BCUT2D eigenvalue weighted by Crippen LogP contribution is -2.49. The first-order chi connectivity index (χ1) is 12.9. The van der Waals surface area contributed by atoms with Crippen molar-refractivity contribution in [2.24, 2.45) is 5.92 Å². The summed E-state index contributed by atoms with van der Waals surface area (Å²) in [6, 6.07) is 3.98. The van der Waals surface area contributed by atoms with Crippen molar-refractivity contribution in [1.82, 2.24) is 9.78 Å². The molecule has 2 N–H and O–H groups in total. The number of aryl methyl sites for hydroxylation is 2. The highest BCUT2D eigenvalue weighted by Crippen LogP contribution is 2.39. The van der Waals surface area contributed by atoms with E-state index in [1.165, 1.54) is 33.1 Å². The zero-order valence-corrected chi connectivity index (χ0v) is 15.8. The minimum Gasteiger partial charge on any atom is -0.479 e. The number of fused-ring (bicyclic) bond motifs is 2. The lowest BCUT2D eigenvalue weighted by molar-refractivity contribution is -0.152. The van der Waals surface area contributed by atoms with Crippen molar-refractivity contribution < 1.29 is 14.7 Å². The van der Waals surface area contributed by atoms with E-state index in [9.17, 15) is 14.7 Å². The van der Waals surface area contributed by atoms with Gasteiger partial charge in [-0.1, -0.05) is 13.0 Å². The highest BCUT2D eigenvalue weighted by molar-refractivity contribution is 5.98. The first-order valence-electron chi connectivity index (χ1n) is 9.63. The van der Waals surface area contributed by atoms with Gasteiger partial charge in [0.05, 0.1) is 5.92 Å². The fourth-order valence-corrected chi connectivity index (χ4v) is 4.48. The quantitative estimate of drug-likeness (QED) is 0.851. The van der Waals surface area contributed by atoms with Gasteiger partial charge >= 0.3 is 5.97 Å². The molecule has 2 unspecified atom stereocenters. The van der Waals surface area contributed by atoms with Crippen molar-refractivity contribution in [3.8, 4) is 0 Å². The molecule has 0 saturated heterocycles. The number of carbonyl (C=O) groups is 2. The molecule has 0 fully saturated rings. The number of carboxylic acids is 1. The van der Waals surface area contributed by atoms with Crippen LogP contribution in [0.3, 0.4) is 0 Å². The van der Waals surface area contributed by atoms with Crippen molar-refractivity contribution in [3.63, 3.8) is 0 Å². The van der Waals surface area contributed by atoms with Crippen LogP contribution < -0.4 is 5.32 Å². The maximum absolute atomic E-state index is 13.1. The molecule has 0 saturated carbocycles. The van der Waals surface area contributed by atoms with Crippen LogP contribution in [0.4, 0.5) is 5.69 Å². The van der Waals surface area contributed by atoms with Gasteiger partial charge in [0.1, 0.15) is 0 Å². The lowest BCUT2D eigenvalue weighted by Gasteiger charge is -2.31. The molecule has 0 spiro atoms. The summed E-state index contributed by atoms with van der Waals surface area (Å²) in [6.07, 6.45) is 9.40. The van der Waals surface area contributed by atoms with Gasteiger partial charge in [-0.25, -0.2) is 4.79 Å². The predicted molar refractivity (Wildman–Crippen MR) is 102 cm³/mol. The number of hydrogen-bond acceptors (Lipinski definition) is 3. The van der Waals surface area contributed by atoms with E-state index in [-0.39, 0.29) is 5.91 Å². The van der Waals surface area contributed by atoms with Gasteiger partial charge < -0.3 is 10.4 Å². The summed E-state index contributed by atoms with van der Waals surface area (Å²) in [7, 11) is 0. The van der Waals surface area contributed by atoms with E-state index >= 15 is 0 Å². The molecule has 1 heterocycles. The van der Waals surface area contributed by atoms with Crippen LogP contribution in [0.5, 0.6) is 0 Å². The molecular weight excluding hydrogens is 342 g/mol. The topological polar surface area (TPSA) is 84.2 Å². The Morgan fingerprint density at radius 1 is 1.19 bits per heavy atom. The number of anilines is 1. The Hall–Kier alpha value is -2.63. The molecule has 6 heteroatoms. The lowest BCUT2D eigenvalue weighted by atomic mass is 9.86. The molecule has 2 atom stereocenters. The molecule has 0 bridgehead atoms. The second kappa shape index (κ2) is 6.51. The van der Waals surface area contributed by atoms with Gasteiger partial charge in [-0.3, -0.25) is 9.48 Å². The Labute approximate surface area is 158 Å². The Morgan fingerprint density at radius 3 is 2.33 bits per heavy atom. The summed E-state index contributed by atoms with van der Waals surface area (Å²) in [6.45, 7) is 3.21. The number of carboxylic acid groups (broad SMARTS) is 1. The van der Waals surface area contributed by atoms with Crippen LogP contribution in [-0.2, 0) is 40.8 Å². The number of nitrogens with zero attached hydrogens (tertiary/aromatic N) is 2. The van der Waals surface area contributed by atoms with Crippen LogP contribution in [0.15, 0.2) is 24.5 Å². The summed E-state index contributed by atoms with van der Waals surface area (Å²) >= 11 is 0. The van der Waals surface area contributed by atoms with E-state index in [2.05, 4.69) is 16.5 Å². The Morgan fingerprint density at radius 2 is 1.81 bits per heavy atom. The van der Waals surface area contributed by atoms with E-state index in [1.807, 2.05) is 0 Å². The maximum Gasteiger partial charge on any atom is 0.332 e. The highest BCUT2D eigenvalue weighted by atomic mass is 16.4. The second-order valence-corrected chi connectivity index (χ2v) is 7.85. The minimum atomic E-state index is -1.45. The SMILES string of the molecule is CC(C(=O)Nc1c2c(cc3c1CCC3)CCC2)C(C)(C(=O)O)n1cccn1. The summed E-state index contributed by atoms with van der Waals surface area (Å²) in [5.41, 5.74) is 4.66. The average molecular weight is 367 g/mol. The monoisotopic (exact) mass is 367 g/mol. The van der Waals surface area contributed by atoms with Crippen molar-refractivity contribution in [2.75, 3.05) is 5.32 Å². The largest absolute Gasteiger partial charge is 0.479 e. The van der Waals surface area contributed by atoms with E-state index < -0.39 is 17.4 Å². The number of amides is 1. The van der Waals surface area contributed by atoms with Crippen molar-refractivity contribution >= 4 is 17.6 Å². The molecule has 6 nitrogen and oxygen atoms in total. The Kier molecular flexibility index (Phi) is 4.29. The first-order valence-corrected chi connectivity index (χ1v) is 9.63. The van der Waals surface area contributed by atoms with E-state index in [0.29, 0.717) is 0 Å². The van der Waals surface area contributed by atoms with Crippen molar-refractivity contribution in [2.45, 2.75) is 57.9 Å². The smallest absolute Gasteiger partial charge is 0.332 e. The summed E-state index contributed by atoms with van der Waals surface area (Å²) < 4.78 is 1.36. The summed E-state index contributed by atoms with van der Waals surface area (Å²) in [5.74, 6) is -2.13. The average Bonchev–Trinajstić information content (AvgIpc) is 3.39. The number of benzene rings is 1. The molecule has 27 heavy (non-hydrogen) atoms. The zero-order valence-electron chi connectivity index (χ0n) is 15.8. The van der Waals surface area contributed by atoms with Gasteiger partial charge in [-0.05, 0) is 73.8 Å². The van der Waals surface area contributed by atoms with Gasteiger partial charge in [0.25, 0.3) is 0 Å². The molecule has 4 rings (SSSR count). The van der Waals surface area contributed by atoms with E-state index in [1.54, 1.807) is 26.1 Å². The van der Waals surface area contributed by atoms with Gasteiger partial charge in [0.15, 0.2) is 5.54 Å². The molecule has 1 aromatic heterocycles. The molecular formula is C21H25N3O3. The second-order valence-electron chi connectivity index (χ2n) is 7.85. The third kappa shape index (κ3) is 2.74. The standard InChI is InChI=1S/C21H25N3O3/c1-13(21(2,20(26)27)24-11-5-10-22-24)19(25)23-18-16-8-3-6-14(16)12-15-7-4-9-17(15)18/h5,10-13H,3-4,6-9H2,1-2H3,(H,23,25)(H,26,27). The number of aliphatic carboxylic acids is 1. The maximum atomic E-state index is 13.1. The van der Waals surface area contributed by atoms with E-state index in [0.717, 1.165) is 44.2 Å². The van der Waals surface area contributed by atoms with E-state index in [4.69, 9.17) is 0 Å². The number of carbonyl (C=O) groups excluding carboxylic acids is 1. The van der Waals surface area contributed by atoms with Gasteiger partial charge in [-0.15, -0.1) is 0 Å². The predicted octanol–water partition coefficient (Wildman–Crippen LogP) is 2.94. The van der Waals surface area contributed by atoms with Crippen LogP contribution >= 0.6 is 0 Å². The van der Waals surface area contributed by atoms with Gasteiger partial charge in [0.2, 0.25) is 5.91 Å². The normalized spacial score (nSPS) is 18.4. The summed E-state index contributed by atoms with van der Waals surface area (Å²) in [5, 5.41) is 17.1. The Balaban J connectivity index is 1.68. The third-order valence-electron chi connectivity index (χ3n) is 6.37.